The molecule has 3 amide bonds. The summed E-state index contributed by atoms with van der Waals surface area (Å²) in [5.41, 5.74) is 2.29. The summed E-state index contributed by atoms with van der Waals surface area (Å²) >= 11 is 0. The molecule has 2 aliphatic heterocycles. The normalized spacial score (nSPS) is 17.5. The molecule has 12 nitrogen and oxygen atoms in total. The first-order chi connectivity index (χ1) is 21.6. The van der Waals surface area contributed by atoms with Crippen molar-refractivity contribution >= 4 is 27.7 Å². The largest absolute Gasteiger partial charge is 0.507 e. The standard InChI is InChI=1S/C32H36N4O8S/c37-28-8-6-22-10-12-33-30(39)21-35(13-2-1-11-34-31(40)24-5-3-4-23(19-24)26(28)18-22)32(41)27-20-25(7-9-29(27)38)45(42,43)36-14-16-44-17-15-36/h3-9,18-20,37-38H,1-2,10-17,21H2,(H,33,39)(H,34,40). The van der Waals surface area contributed by atoms with Gasteiger partial charge in [0.15, 0.2) is 0 Å². The maximum absolute atomic E-state index is 13.7. The summed E-state index contributed by atoms with van der Waals surface area (Å²) in [5.74, 6) is -1.75. The average molecular weight is 637 g/mol. The van der Waals surface area contributed by atoms with Gasteiger partial charge in [0.2, 0.25) is 15.9 Å². The van der Waals surface area contributed by atoms with Gasteiger partial charge in [0, 0.05) is 43.9 Å². The van der Waals surface area contributed by atoms with Gasteiger partial charge in [-0.2, -0.15) is 4.31 Å². The number of carbonyl (C=O) groups is 3. The number of sulfonamides is 1. The van der Waals surface area contributed by atoms with Crippen molar-refractivity contribution in [3.05, 3.63) is 77.4 Å². The third kappa shape index (κ3) is 7.62. The Balaban J connectivity index is 1.37. The van der Waals surface area contributed by atoms with Crippen LogP contribution in [-0.2, 0) is 26.0 Å². The van der Waals surface area contributed by atoms with Crippen LogP contribution in [0.15, 0.2) is 65.6 Å². The van der Waals surface area contributed by atoms with E-state index in [9.17, 15) is 33.0 Å². The van der Waals surface area contributed by atoms with Crippen molar-refractivity contribution in [2.45, 2.75) is 24.2 Å². The summed E-state index contributed by atoms with van der Waals surface area (Å²) < 4.78 is 33.0. The zero-order valence-corrected chi connectivity index (χ0v) is 25.5. The first-order valence-corrected chi connectivity index (χ1v) is 16.2. The first-order valence-electron chi connectivity index (χ1n) is 14.8. The molecule has 3 aromatic carbocycles. The number of carbonyl (C=O) groups excluding carboxylic acids is 3. The highest BCUT2D eigenvalue weighted by Crippen LogP contribution is 2.31. The predicted molar refractivity (Wildman–Crippen MR) is 165 cm³/mol. The van der Waals surface area contributed by atoms with E-state index in [0.29, 0.717) is 42.5 Å². The van der Waals surface area contributed by atoms with Crippen LogP contribution in [0.3, 0.4) is 0 Å². The van der Waals surface area contributed by atoms with Crippen LogP contribution in [0, 0.1) is 0 Å². The van der Waals surface area contributed by atoms with Gasteiger partial charge in [-0.15, -0.1) is 0 Å². The molecule has 1 fully saturated rings. The van der Waals surface area contributed by atoms with Crippen LogP contribution in [0.2, 0.25) is 0 Å². The Morgan fingerprint density at radius 1 is 0.822 bits per heavy atom. The van der Waals surface area contributed by atoms with Gasteiger partial charge >= 0.3 is 0 Å². The maximum atomic E-state index is 13.7. The lowest BCUT2D eigenvalue weighted by atomic mass is 9.98. The van der Waals surface area contributed by atoms with Gasteiger partial charge in [-0.25, -0.2) is 8.42 Å². The Kier molecular flexibility index (Phi) is 10.0. The molecule has 238 valence electrons. The summed E-state index contributed by atoms with van der Waals surface area (Å²) in [4.78, 5) is 40.7. The fourth-order valence-electron chi connectivity index (χ4n) is 5.31. The number of aromatic hydroxyl groups is 2. The van der Waals surface area contributed by atoms with Gasteiger partial charge in [-0.3, -0.25) is 14.4 Å². The fourth-order valence-corrected chi connectivity index (χ4v) is 6.75. The van der Waals surface area contributed by atoms with Crippen molar-refractivity contribution in [3.63, 3.8) is 0 Å². The molecule has 5 rings (SSSR count). The van der Waals surface area contributed by atoms with E-state index in [2.05, 4.69) is 10.6 Å². The Morgan fingerprint density at radius 2 is 1.58 bits per heavy atom. The van der Waals surface area contributed by atoms with Crippen molar-refractivity contribution in [3.8, 4) is 22.6 Å². The molecule has 0 atom stereocenters. The molecule has 4 N–H and O–H groups in total. The molecule has 3 aromatic rings. The van der Waals surface area contributed by atoms with Gasteiger partial charge in [0.05, 0.1) is 30.2 Å². The molecular formula is C32H36N4O8S. The smallest absolute Gasteiger partial charge is 0.258 e. The Bertz CT molecular complexity index is 1690. The molecule has 0 unspecified atom stereocenters. The highest BCUT2D eigenvalue weighted by molar-refractivity contribution is 7.89. The van der Waals surface area contributed by atoms with Crippen LogP contribution in [0.5, 0.6) is 11.5 Å². The zero-order chi connectivity index (χ0) is 32.0. The highest BCUT2D eigenvalue weighted by Gasteiger charge is 2.29. The summed E-state index contributed by atoms with van der Waals surface area (Å²) in [6.07, 6.45) is 1.34. The number of amides is 3. The van der Waals surface area contributed by atoms with E-state index in [1.54, 1.807) is 36.4 Å². The quantitative estimate of drug-likeness (QED) is 0.339. The number of morpholine rings is 1. The van der Waals surface area contributed by atoms with Crippen LogP contribution in [0.25, 0.3) is 11.1 Å². The lowest BCUT2D eigenvalue weighted by molar-refractivity contribution is -0.121. The molecule has 0 radical (unpaired) electrons. The fraction of sp³-hybridized carbons (Fsp3) is 0.344. The van der Waals surface area contributed by atoms with Gasteiger partial charge < -0.3 is 30.5 Å². The Labute approximate surface area is 261 Å². The molecular weight excluding hydrogens is 600 g/mol. The Hall–Kier alpha value is -4.46. The third-order valence-electron chi connectivity index (χ3n) is 7.80. The number of fused-ring (bicyclic) bond motifs is 5. The number of hydrogen-bond acceptors (Lipinski definition) is 8. The second-order valence-electron chi connectivity index (χ2n) is 10.9. The zero-order valence-electron chi connectivity index (χ0n) is 24.7. The van der Waals surface area contributed by atoms with Crippen molar-refractivity contribution in [2.75, 3.05) is 52.5 Å². The van der Waals surface area contributed by atoms with Crippen molar-refractivity contribution in [1.29, 1.82) is 0 Å². The first kappa shape index (κ1) is 31.9. The van der Waals surface area contributed by atoms with Gasteiger partial charge in [0.1, 0.15) is 11.5 Å². The predicted octanol–water partition coefficient (Wildman–Crippen LogP) is 2.11. The third-order valence-corrected chi connectivity index (χ3v) is 9.70. The minimum absolute atomic E-state index is 0.0639. The number of nitrogens with one attached hydrogen (secondary N) is 2. The van der Waals surface area contributed by atoms with Crippen LogP contribution in [0.4, 0.5) is 0 Å². The van der Waals surface area contributed by atoms with Gasteiger partial charge in [0.25, 0.3) is 11.8 Å². The number of phenols is 2. The van der Waals surface area contributed by atoms with Crippen LogP contribution in [0.1, 0.15) is 39.1 Å². The van der Waals surface area contributed by atoms with Crippen molar-refractivity contribution in [1.82, 2.24) is 19.8 Å². The molecule has 2 aliphatic rings. The molecule has 0 spiro atoms. The number of benzene rings is 3. The maximum Gasteiger partial charge on any atom is 0.258 e. The number of nitrogens with zero attached hydrogens (tertiary/aromatic N) is 2. The molecule has 0 aromatic heterocycles. The van der Waals surface area contributed by atoms with Crippen LogP contribution < -0.4 is 10.6 Å². The summed E-state index contributed by atoms with van der Waals surface area (Å²) in [6.45, 7) is 1.22. The molecule has 0 saturated carbocycles. The minimum atomic E-state index is -3.94. The Morgan fingerprint density at radius 3 is 2.38 bits per heavy atom. The number of rotatable bonds is 3. The van der Waals surface area contributed by atoms with Crippen molar-refractivity contribution < 1.29 is 37.8 Å². The lowest BCUT2D eigenvalue weighted by Gasteiger charge is -2.26. The van der Waals surface area contributed by atoms with E-state index < -0.39 is 27.6 Å². The van der Waals surface area contributed by atoms with Crippen LogP contribution >= 0.6 is 0 Å². The molecule has 0 aliphatic carbocycles. The van der Waals surface area contributed by atoms with E-state index >= 15 is 0 Å². The van der Waals surface area contributed by atoms with Gasteiger partial charge in [-0.1, -0.05) is 18.2 Å². The summed E-state index contributed by atoms with van der Waals surface area (Å²) in [5, 5.41) is 26.8. The van der Waals surface area contributed by atoms with E-state index in [4.69, 9.17) is 4.74 Å². The number of ether oxygens (including phenoxy) is 1. The average Bonchev–Trinajstić information content (AvgIpc) is 3.04. The molecule has 45 heavy (non-hydrogen) atoms. The monoisotopic (exact) mass is 636 g/mol. The molecule has 13 heteroatoms. The SMILES string of the molecule is O=C1CN(C(=O)c2cc(S(=O)(=O)N3CCOCC3)ccc2O)CCCCNC(=O)c2cccc(c2)-c2cc(ccc2O)CCN1. The van der Waals surface area contributed by atoms with E-state index in [1.807, 2.05) is 6.07 Å². The van der Waals surface area contributed by atoms with E-state index in [-0.39, 0.29) is 68.1 Å². The number of phenolic OH excluding ortho intramolecular Hbond substituents is 2. The van der Waals surface area contributed by atoms with Crippen LogP contribution in [-0.4, -0.2) is 98.0 Å². The summed E-state index contributed by atoms with van der Waals surface area (Å²) in [6, 6.07) is 15.6. The minimum Gasteiger partial charge on any atom is -0.507 e. The highest BCUT2D eigenvalue weighted by atomic mass is 32.2. The topological polar surface area (TPSA) is 166 Å². The second kappa shape index (κ2) is 14.1. The van der Waals surface area contributed by atoms with E-state index in [1.165, 1.54) is 21.3 Å². The van der Waals surface area contributed by atoms with Gasteiger partial charge in [-0.05, 0) is 72.9 Å². The molecule has 1 saturated heterocycles. The summed E-state index contributed by atoms with van der Waals surface area (Å²) in [7, 11) is -3.94. The molecule has 4 bridgehead atoms. The van der Waals surface area contributed by atoms with Crippen molar-refractivity contribution in [2.24, 2.45) is 0 Å². The van der Waals surface area contributed by atoms with E-state index in [0.717, 1.165) is 11.6 Å². The number of hydrogen-bond donors (Lipinski definition) is 4. The lowest BCUT2D eigenvalue weighted by Crippen LogP contribution is -2.42. The second-order valence-corrected chi connectivity index (χ2v) is 12.9. The molecule has 2 heterocycles.